The molecule has 0 bridgehead atoms. The van der Waals surface area contributed by atoms with E-state index in [4.69, 9.17) is 11.6 Å². The number of hydrogen-bond acceptors (Lipinski definition) is 2. The molecule has 0 fully saturated rings. The lowest BCUT2D eigenvalue weighted by atomic mass is 10.1. The molecule has 1 aromatic carbocycles. The van der Waals surface area contributed by atoms with Crippen LogP contribution in [0.3, 0.4) is 0 Å². The number of rotatable bonds is 4. The number of hydrogen-bond donors (Lipinski definition) is 1. The number of amides is 1. The number of nitrogens with zero attached hydrogens (tertiary/aromatic N) is 2. The summed E-state index contributed by atoms with van der Waals surface area (Å²) in [6.07, 6.45) is 3.46. The summed E-state index contributed by atoms with van der Waals surface area (Å²) in [5, 5.41) is 6.99. The highest BCUT2D eigenvalue weighted by molar-refractivity contribution is 6.17. The minimum absolute atomic E-state index is 0.149. The Balaban J connectivity index is 2.06. The van der Waals surface area contributed by atoms with Gasteiger partial charge in [0.15, 0.2) is 0 Å². The molecule has 0 unspecified atom stereocenters. The van der Waals surface area contributed by atoms with Crippen molar-refractivity contribution in [3.05, 3.63) is 47.8 Å². The van der Waals surface area contributed by atoms with E-state index in [0.29, 0.717) is 17.1 Å². The third kappa shape index (κ3) is 3.35. The van der Waals surface area contributed by atoms with Gasteiger partial charge in [-0.1, -0.05) is 12.1 Å². The lowest BCUT2D eigenvalue weighted by Crippen LogP contribution is -2.11. The molecule has 1 aromatic heterocycles. The van der Waals surface area contributed by atoms with Crippen LogP contribution in [-0.4, -0.2) is 15.7 Å². The van der Waals surface area contributed by atoms with Crippen molar-refractivity contribution in [2.24, 2.45) is 0 Å². The van der Waals surface area contributed by atoms with E-state index in [1.807, 2.05) is 32.2 Å². The minimum Gasteiger partial charge on any atom is -0.319 e. The third-order valence-corrected chi connectivity index (χ3v) is 3.07. The number of nitrogens with one attached hydrogen (secondary N) is 1. The van der Waals surface area contributed by atoms with E-state index in [0.717, 1.165) is 5.56 Å². The van der Waals surface area contributed by atoms with Gasteiger partial charge >= 0.3 is 0 Å². The van der Waals surface area contributed by atoms with Crippen LogP contribution in [-0.2, 0) is 5.88 Å². The van der Waals surface area contributed by atoms with Crippen LogP contribution in [0.25, 0.3) is 0 Å². The summed E-state index contributed by atoms with van der Waals surface area (Å²) in [4.78, 5) is 12.0. The molecule has 0 aliphatic rings. The Hall–Kier alpha value is -1.81. The topological polar surface area (TPSA) is 46.9 Å². The number of carbonyl (C=O) groups excluding carboxylic acids is 1. The van der Waals surface area contributed by atoms with Crippen LogP contribution >= 0.6 is 11.6 Å². The van der Waals surface area contributed by atoms with Gasteiger partial charge in [0.25, 0.3) is 5.91 Å². The quantitative estimate of drug-likeness (QED) is 0.870. The SMILES string of the molecule is CC(C)n1cc(NC(=O)c2ccc(CCl)cc2)cn1. The standard InChI is InChI=1S/C14H16ClN3O/c1-10(2)18-9-13(8-16-18)17-14(19)12-5-3-11(7-15)4-6-12/h3-6,8-10H,7H2,1-2H3,(H,17,19). The maximum atomic E-state index is 12.0. The fourth-order valence-electron chi connectivity index (χ4n) is 1.63. The molecule has 0 aliphatic carbocycles. The van der Waals surface area contributed by atoms with Crippen LogP contribution in [0, 0.1) is 0 Å². The van der Waals surface area contributed by atoms with E-state index in [-0.39, 0.29) is 11.9 Å². The van der Waals surface area contributed by atoms with Gasteiger partial charge in [0, 0.05) is 23.7 Å². The number of carbonyl (C=O) groups is 1. The van der Waals surface area contributed by atoms with Crippen molar-refractivity contribution in [2.75, 3.05) is 5.32 Å². The lowest BCUT2D eigenvalue weighted by Gasteiger charge is -2.04. The smallest absolute Gasteiger partial charge is 0.255 e. The van der Waals surface area contributed by atoms with Crippen molar-refractivity contribution < 1.29 is 4.79 Å². The highest BCUT2D eigenvalue weighted by Crippen LogP contribution is 2.12. The summed E-state index contributed by atoms with van der Waals surface area (Å²) in [6, 6.07) is 7.49. The molecule has 2 aromatic rings. The number of aromatic nitrogens is 2. The van der Waals surface area contributed by atoms with Crippen molar-refractivity contribution in [1.29, 1.82) is 0 Å². The molecule has 5 heteroatoms. The molecule has 0 saturated heterocycles. The molecule has 100 valence electrons. The number of halogens is 1. The zero-order valence-electron chi connectivity index (χ0n) is 10.9. The summed E-state index contributed by atoms with van der Waals surface area (Å²) in [5.41, 5.74) is 2.29. The molecule has 19 heavy (non-hydrogen) atoms. The summed E-state index contributed by atoms with van der Waals surface area (Å²) in [6.45, 7) is 4.06. The first kappa shape index (κ1) is 13.6. The van der Waals surface area contributed by atoms with E-state index >= 15 is 0 Å². The Morgan fingerprint density at radius 3 is 2.58 bits per heavy atom. The normalized spacial score (nSPS) is 10.7. The Morgan fingerprint density at radius 2 is 2.05 bits per heavy atom. The van der Waals surface area contributed by atoms with Crippen LogP contribution in [0.5, 0.6) is 0 Å². The van der Waals surface area contributed by atoms with Crippen molar-refractivity contribution in [2.45, 2.75) is 25.8 Å². The van der Waals surface area contributed by atoms with Crippen molar-refractivity contribution in [3.8, 4) is 0 Å². The van der Waals surface area contributed by atoms with E-state index in [1.165, 1.54) is 0 Å². The van der Waals surface area contributed by atoms with Crippen LogP contribution < -0.4 is 5.32 Å². The predicted molar refractivity (Wildman–Crippen MR) is 76.6 cm³/mol. The highest BCUT2D eigenvalue weighted by atomic mass is 35.5. The maximum Gasteiger partial charge on any atom is 0.255 e. The molecule has 0 atom stereocenters. The first-order valence-corrected chi connectivity index (χ1v) is 6.64. The predicted octanol–water partition coefficient (Wildman–Crippen LogP) is 3.46. The summed E-state index contributed by atoms with van der Waals surface area (Å²) in [7, 11) is 0. The Bertz CT molecular complexity index is 560. The molecule has 0 aliphatic heterocycles. The minimum atomic E-state index is -0.149. The van der Waals surface area contributed by atoms with E-state index < -0.39 is 0 Å². The summed E-state index contributed by atoms with van der Waals surface area (Å²) < 4.78 is 1.80. The zero-order chi connectivity index (χ0) is 13.8. The lowest BCUT2D eigenvalue weighted by molar-refractivity contribution is 0.102. The first-order valence-electron chi connectivity index (χ1n) is 6.10. The molecule has 2 rings (SSSR count). The molecular formula is C14H16ClN3O. The molecule has 0 spiro atoms. The average molecular weight is 278 g/mol. The van der Waals surface area contributed by atoms with Crippen LogP contribution in [0.15, 0.2) is 36.7 Å². The summed E-state index contributed by atoms with van der Waals surface area (Å²) >= 11 is 5.71. The van der Waals surface area contributed by atoms with Crippen LogP contribution in [0.4, 0.5) is 5.69 Å². The van der Waals surface area contributed by atoms with Crippen molar-refractivity contribution in [3.63, 3.8) is 0 Å². The second kappa shape index (κ2) is 5.89. The number of benzene rings is 1. The van der Waals surface area contributed by atoms with E-state index in [9.17, 15) is 4.79 Å². The van der Waals surface area contributed by atoms with Crippen molar-refractivity contribution in [1.82, 2.24) is 9.78 Å². The van der Waals surface area contributed by atoms with Gasteiger partial charge in [-0.15, -0.1) is 11.6 Å². The third-order valence-electron chi connectivity index (χ3n) is 2.76. The van der Waals surface area contributed by atoms with Gasteiger partial charge in [-0.25, -0.2) is 0 Å². The molecule has 1 amide bonds. The van der Waals surface area contributed by atoms with Gasteiger partial charge in [-0.05, 0) is 31.5 Å². The Kier molecular flexibility index (Phi) is 4.22. The molecule has 0 radical (unpaired) electrons. The fraction of sp³-hybridized carbons (Fsp3) is 0.286. The largest absolute Gasteiger partial charge is 0.319 e. The van der Waals surface area contributed by atoms with Gasteiger partial charge in [-0.3, -0.25) is 9.48 Å². The van der Waals surface area contributed by atoms with Crippen molar-refractivity contribution >= 4 is 23.2 Å². The fourth-order valence-corrected chi connectivity index (χ4v) is 1.81. The van der Waals surface area contributed by atoms with Gasteiger partial charge in [0.1, 0.15) is 0 Å². The molecule has 1 heterocycles. The van der Waals surface area contributed by atoms with E-state index in [2.05, 4.69) is 10.4 Å². The van der Waals surface area contributed by atoms with Gasteiger partial charge in [0.05, 0.1) is 11.9 Å². The van der Waals surface area contributed by atoms with Gasteiger partial charge < -0.3 is 5.32 Å². The van der Waals surface area contributed by atoms with E-state index in [1.54, 1.807) is 23.0 Å². The van der Waals surface area contributed by atoms with Gasteiger partial charge in [-0.2, -0.15) is 5.10 Å². The number of alkyl halides is 1. The Morgan fingerprint density at radius 1 is 1.37 bits per heavy atom. The average Bonchev–Trinajstić information content (AvgIpc) is 2.87. The Labute approximate surface area is 117 Å². The van der Waals surface area contributed by atoms with Crippen LogP contribution in [0.2, 0.25) is 0 Å². The molecular weight excluding hydrogens is 262 g/mol. The first-order chi connectivity index (χ1) is 9.10. The molecule has 0 saturated carbocycles. The zero-order valence-corrected chi connectivity index (χ0v) is 11.7. The second-order valence-corrected chi connectivity index (χ2v) is 4.85. The highest BCUT2D eigenvalue weighted by Gasteiger charge is 2.08. The second-order valence-electron chi connectivity index (χ2n) is 4.59. The van der Waals surface area contributed by atoms with Crippen LogP contribution in [0.1, 0.15) is 35.8 Å². The molecule has 1 N–H and O–H groups in total. The maximum absolute atomic E-state index is 12.0. The number of anilines is 1. The summed E-state index contributed by atoms with van der Waals surface area (Å²) in [5.74, 6) is 0.299. The monoisotopic (exact) mass is 277 g/mol. The van der Waals surface area contributed by atoms with Gasteiger partial charge in [0.2, 0.25) is 0 Å². The molecule has 4 nitrogen and oxygen atoms in total.